The van der Waals surface area contributed by atoms with Crippen LogP contribution in [0, 0.1) is 34.1 Å². The number of aromatic nitrogens is 1. The van der Waals surface area contributed by atoms with Gasteiger partial charge in [-0.2, -0.15) is 0 Å². The van der Waals surface area contributed by atoms with Gasteiger partial charge in [-0.3, -0.25) is 20.2 Å². The number of hydrogen-bond acceptors (Lipinski definition) is 9. The van der Waals surface area contributed by atoms with Gasteiger partial charge in [0.25, 0.3) is 11.4 Å². The normalized spacial score (nSPS) is 11.5. The highest BCUT2D eigenvalue weighted by Gasteiger charge is 2.28. The van der Waals surface area contributed by atoms with Crippen molar-refractivity contribution < 1.29 is 22.7 Å². The van der Waals surface area contributed by atoms with Crippen LogP contribution in [0.25, 0.3) is 10.8 Å². The highest BCUT2D eigenvalue weighted by atomic mass is 32.2. The molecule has 0 atom stereocenters. The lowest BCUT2D eigenvalue weighted by Gasteiger charge is -2.07. The Bertz CT molecular complexity index is 1170. The molecule has 0 bridgehead atoms. The topological polar surface area (TPSA) is 158 Å². The molecule has 11 nitrogen and oxygen atoms in total. The van der Waals surface area contributed by atoms with Crippen LogP contribution >= 0.6 is 11.3 Å². The smallest absolute Gasteiger partial charge is 0.280 e. The molecular weight excluding hydrogens is 424 g/mol. The number of nitro benzene ring substituents is 2. The maximum atomic E-state index is 12.6. The summed E-state index contributed by atoms with van der Waals surface area (Å²) in [5.74, 6) is 0.539. The zero-order valence-electron chi connectivity index (χ0n) is 15.1. The monoisotopic (exact) mass is 438 g/mol. The summed E-state index contributed by atoms with van der Waals surface area (Å²) >= 11 is 1.22. The minimum atomic E-state index is -4.25. The predicted molar refractivity (Wildman–Crippen MR) is 103 cm³/mol. The van der Waals surface area contributed by atoms with E-state index in [1.165, 1.54) is 24.5 Å². The Labute approximate surface area is 168 Å². The molecule has 0 saturated carbocycles. The van der Waals surface area contributed by atoms with Gasteiger partial charge in [-0.15, -0.1) is 11.3 Å². The zero-order chi connectivity index (χ0) is 21.3. The molecule has 152 valence electrons. The van der Waals surface area contributed by atoms with Gasteiger partial charge in [0.05, 0.1) is 26.7 Å². The number of rotatable bonds is 7. The molecule has 13 heteroatoms. The second-order valence-electron chi connectivity index (χ2n) is 5.93. The molecule has 0 amide bonds. The molecule has 0 aliphatic carbocycles. The number of aryl methyl sites for hydroxylation is 1. The molecule has 0 saturated heterocycles. The first-order valence-electron chi connectivity index (χ1n) is 8.03. The maximum absolute atomic E-state index is 12.6. The molecule has 29 heavy (non-hydrogen) atoms. The van der Waals surface area contributed by atoms with Crippen LogP contribution in [0.3, 0.4) is 0 Å². The van der Waals surface area contributed by atoms with Gasteiger partial charge >= 0.3 is 0 Å². The van der Waals surface area contributed by atoms with Crippen molar-refractivity contribution >= 4 is 32.7 Å². The van der Waals surface area contributed by atoms with Gasteiger partial charge in [0.1, 0.15) is 5.56 Å². The van der Waals surface area contributed by atoms with Crippen LogP contribution in [-0.4, -0.2) is 23.2 Å². The largest absolute Gasteiger partial charge is 0.462 e. The summed E-state index contributed by atoms with van der Waals surface area (Å²) < 4.78 is 32.8. The van der Waals surface area contributed by atoms with E-state index in [-0.39, 0.29) is 12.1 Å². The van der Waals surface area contributed by atoms with Crippen LogP contribution in [0.1, 0.15) is 16.1 Å². The van der Waals surface area contributed by atoms with Crippen LogP contribution in [0.15, 0.2) is 39.8 Å². The Kier molecular flexibility index (Phi) is 5.46. The van der Waals surface area contributed by atoms with E-state index in [0.29, 0.717) is 21.3 Å². The fraction of sp³-hybridized carbons (Fsp3) is 0.188. The summed E-state index contributed by atoms with van der Waals surface area (Å²) in [4.78, 5) is 25.0. The van der Waals surface area contributed by atoms with E-state index in [0.717, 1.165) is 12.1 Å². The molecular formula is C16H14N4O7S2. The van der Waals surface area contributed by atoms with Crippen LogP contribution < -0.4 is 4.72 Å². The van der Waals surface area contributed by atoms with E-state index in [9.17, 15) is 28.6 Å². The van der Waals surface area contributed by atoms with E-state index >= 15 is 0 Å². The highest BCUT2D eigenvalue weighted by molar-refractivity contribution is 7.89. The summed E-state index contributed by atoms with van der Waals surface area (Å²) in [6.07, 6.45) is 1.49. The molecule has 0 aliphatic heterocycles. The molecule has 1 N–H and O–H groups in total. The van der Waals surface area contributed by atoms with Crippen molar-refractivity contribution in [2.24, 2.45) is 0 Å². The van der Waals surface area contributed by atoms with Gasteiger partial charge in [0.15, 0.2) is 10.8 Å². The first-order chi connectivity index (χ1) is 13.6. The summed E-state index contributed by atoms with van der Waals surface area (Å²) in [7, 11) is -4.25. The summed E-state index contributed by atoms with van der Waals surface area (Å²) in [5, 5.41) is 22.9. The molecule has 3 aromatic rings. The third-order valence-corrected chi connectivity index (χ3v) is 6.63. The van der Waals surface area contributed by atoms with Gasteiger partial charge in [0, 0.05) is 23.6 Å². The Morgan fingerprint density at radius 1 is 1.17 bits per heavy atom. The minimum Gasteiger partial charge on any atom is -0.462 e. The fourth-order valence-corrected chi connectivity index (χ4v) is 4.63. The number of sulfonamides is 1. The Balaban J connectivity index is 1.91. The standard InChI is InChI=1S/C16H14N4O7S2/c1-9-12(19(21)22)6-11(7-13(9)20(23)24)29(25,26)17-8-15-10(2)18-16(28-15)14-4-3-5-27-14/h3-7,17H,8H2,1-2H3. The van der Waals surface area contributed by atoms with E-state index in [1.54, 1.807) is 19.1 Å². The lowest BCUT2D eigenvalue weighted by Crippen LogP contribution is -2.23. The summed E-state index contributed by atoms with van der Waals surface area (Å²) in [6, 6.07) is 5.03. The number of thiazole rings is 1. The molecule has 2 heterocycles. The summed E-state index contributed by atoms with van der Waals surface area (Å²) in [6.45, 7) is 2.76. The van der Waals surface area contributed by atoms with Crippen LogP contribution in [0.2, 0.25) is 0 Å². The lowest BCUT2D eigenvalue weighted by molar-refractivity contribution is -0.395. The third kappa shape index (κ3) is 4.16. The zero-order valence-corrected chi connectivity index (χ0v) is 16.7. The number of nitrogens with zero attached hydrogens (tertiary/aromatic N) is 3. The van der Waals surface area contributed by atoms with Crippen LogP contribution in [0.5, 0.6) is 0 Å². The van der Waals surface area contributed by atoms with Crippen molar-refractivity contribution in [3.63, 3.8) is 0 Å². The molecule has 0 fully saturated rings. The van der Waals surface area contributed by atoms with Gasteiger partial charge in [-0.05, 0) is 26.0 Å². The molecule has 0 aliphatic rings. The molecule has 3 rings (SSSR count). The average Bonchev–Trinajstić information content (AvgIpc) is 3.29. The van der Waals surface area contributed by atoms with E-state index in [2.05, 4.69) is 9.71 Å². The number of nitro groups is 2. The second kappa shape index (κ2) is 7.69. The number of hydrogen-bond donors (Lipinski definition) is 1. The van der Waals surface area contributed by atoms with Crippen LogP contribution in [0.4, 0.5) is 11.4 Å². The first-order valence-corrected chi connectivity index (χ1v) is 10.3. The van der Waals surface area contributed by atoms with Crippen molar-refractivity contribution in [3.05, 3.63) is 66.9 Å². The number of nitrogens with one attached hydrogen (secondary N) is 1. The van der Waals surface area contributed by atoms with Crippen molar-refractivity contribution in [2.75, 3.05) is 0 Å². The molecule has 1 aromatic carbocycles. The third-order valence-electron chi connectivity index (χ3n) is 4.08. The van der Waals surface area contributed by atoms with Crippen molar-refractivity contribution in [1.29, 1.82) is 0 Å². The van der Waals surface area contributed by atoms with Crippen molar-refractivity contribution in [3.8, 4) is 10.8 Å². The molecule has 0 spiro atoms. The molecule has 0 unspecified atom stereocenters. The molecule has 2 aromatic heterocycles. The van der Waals surface area contributed by atoms with Gasteiger partial charge < -0.3 is 4.42 Å². The Morgan fingerprint density at radius 2 is 1.79 bits per heavy atom. The highest BCUT2D eigenvalue weighted by Crippen LogP contribution is 2.32. The summed E-state index contributed by atoms with van der Waals surface area (Å²) in [5.41, 5.74) is -0.924. The van der Waals surface area contributed by atoms with Gasteiger partial charge in [-0.25, -0.2) is 18.1 Å². The predicted octanol–water partition coefficient (Wildman–Crippen LogP) is 3.31. The SMILES string of the molecule is Cc1nc(-c2ccco2)sc1CNS(=O)(=O)c1cc([N+](=O)[O-])c(C)c([N+](=O)[O-])c1. The van der Waals surface area contributed by atoms with E-state index < -0.39 is 36.1 Å². The molecule has 0 radical (unpaired) electrons. The first kappa shape index (κ1) is 20.6. The van der Waals surface area contributed by atoms with E-state index in [1.807, 2.05) is 0 Å². The van der Waals surface area contributed by atoms with Gasteiger partial charge in [-0.1, -0.05) is 0 Å². The number of furan rings is 1. The second-order valence-corrected chi connectivity index (χ2v) is 8.78. The van der Waals surface area contributed by atoms with Crippen LogP contribution in [-0.2, 0) is 16.6 Å². The van der Waals surface area contributed by atoms with E-state index in [4.69, 9.17) is 4.42 Å². The van der Waals surface area contributed by atoms with Crippen molar-refractivity contribution in [1.82, 2.24) is 9.71 Å². The fourth-order valence-electron chi connectivity index (χ4n) is 2.53. The maximum Gasteiger partial charge on any atom is 0.280 e. The lowest BCUT2D eigenvalue weighted by atomic mass is 10.1. The Morgan fingerprint density at radius 3 is 2.31 bits per heavy atom. The quantitative estimate of drug-likeness (QED) is 0.434. The van der Waals surface area contributed by atoms with Crippen molar-refractivity contribution in [2.45, 2.75) is 25.3 Å². The van der Waals surface area contributed by atoms with Gasteiger partial charge in [0.2, 0.25) is 10.0 Å². The number of benzene rings is 1. The Hall–Kier alpha value is -3.16. The average molecular weight is 438 g/mol. The minimum absolute atomic E-state index is 0.137.